The van der Waals surface area contributed by atoms with E-state index in [4.69, 9.17) is 9.84 Å². The fourth-order valence-electron chi connectivity index (χ4n) is 1.74. The van der Waals surface area contributed by atoms with Crippen LogP contribution in [0, 0.1) is 5.92 Å². The molecule has 1 aliphatic rings. The number of hydrogen-bond acceptors (Lipinski definition) is 4. The van der Waals surface area contributed by atoms with Gasteiger partial charge in [0.2, 0.25) is 0 Å². The molecular formula is C11H14N2O4S. The summed E-state index contributed by atoms with van der Waals surface area (Å²) in [6, 6.07) is 2.99. The molecule has 2 atom stereocenters. The van der Waals surface area contributed by atoms with E-state index in [0.717, 1.165) is 4.88 Å². The summed E-state index contributed by atoms with van der Waals surface area (Å²) in [5.41, 5.74) is 0. The number of rotatable bonds is 4. The van der Waals surface area contributed by atoms with Crippen molar-refractivity contribution in [2.75, 3.05) is 13.2 Å². The number of carboxylic acid groups (broad SMARTS) is 1. The predicted molar refractivity (Wildman–Crippen MR) is 65.4 cm³/mol. The minimum Gasteiger partial charge on any atom is -0.481 e. The van der Waals surface area contributed by atoms with Gasteiger partial charge in [-0.25, -0.2) is 4.79 Å². The second-order valence-corrected chi connectivity index (χ2v) is 5.03. The van der Waals surface area contributed by atoms with Crippen LogP contribution >= 0.6 is 11.3 Å². The summed E-state index contributed by atoms with van der Waals surface area (Å²) in [5, 5.41) is 16.2. The molecule has 1 aliphatic heterocycles. The second kappa shape index (κ2) is 5.83. The van der Waals surface area contributed by atoms with Crippen molar-refractivity contribution in [1.29, 1.82) is 0 Å². The summed E-state index contributed by atoms with van der Waals surface area (Å²) in [6.45, 7) is 0.823. The Morgan fingerprint density at radius 3 is 3.00 bits per heavy atom. The molecule has 98 valence electrons. The maximum absolute atomic E-state index is 11.6. The maximum Gasteiger partial charge on any atom is 0.315 e. The molecule has 6 nitrogen and oxygen atoms in total. The minimum absolute atomic E-state index is 0.144. The summed E-state index contributed by atoms with van der Waals surface area (Å²) in [6.07, 6.45) is 0. The van der Waals surface area contributed by atoms with Crippen molar-refractivity contribution in [2.45, 2.75) is 12.6 Å². The van der Waals surface area contributed by atoms with Crippen molar-refractivity contribution in [3.8, 4) is 0 Å². The van der Waals surface area contributed by atoms with Gasteiger partial charge < -0.3 is 20.5 Å². The van der Waals surface area contributed by atoms with Crippen LogP contribution in [0.1, 0.15) is 4.88 Å². The molecular weight excluding hydrogens is 256 g/mol. The van der Waals surface area contributed by atoms with Gasteiger partial charge in [0.15, 0.2) is 0 Å². The maximum atomic E-state index is 11.6. The molecule has 3 N–H and O–H groups in total. The molecule has 1 fully saturated rings. The number of thiophene rings is 1. The average Bonchev–Trinajstić information content (AvgIpc) is 2.96. The van der Waals surface area contributed by atoms with E-state index in [2.05, 4.69) is 10.6 Å². The van der Waals surface area contributed by atoms with Crippen LogP contribution in [0.5, 0.6) is 0 Å². The van der Waals surface area contributed by atoms with Crippen LogP contribution in [0.15, 0.2) is 17.5 Å². The Bertz CT molecular complexity index is 421. The lowest BCUT2D eigenvalue weighted by Crippen LogP contribution is -2.46. The monoisotopic (exact) mass is 270 g/mol. The second-order valence-electron chi connectivity index (χ2n) is 4.00. The summed E-state index contributed by atoms with van der Waals surface area (Å²) in [7, 11) is 0. The number of urea groups is 1. The molecule has 0 saturated carbocycles. The highest BCUT2D eigenvalue weighted by atomic mass is 32.1. The van der Waals surface area contributed by atoms with E-state index in [9.17, 15) is 9.59 Å². The molecule has 0 aliphatic carbocycles. The lowest BCUT2D eigenvalue weighted by Gasteiger charge is -2.15. The van der Waals surface area contributed by atoms with Gasteiger partial charge in [-0.1, -0.05) is 6.07 Å². The third-order valence-electron chi connectivity index (χ3n) is 2.72. The smallest absolute Gasteiger partial charge is 0.315 e. The zero-order valence-electron chi connectivity index (χ0n) is 9.59. The van der Waals surface area contributed by atoms with Crippen molar-refractivity contribution in [3.63, 3.8) is 0 Å². The highest BCUT2D eigenvalue weighted by Crippen LogP contribution is 2.13. The predicted octanol–water partition coefficient (Wildman–Crippen LogP) is 0.647. The number of hydrogen-bond donors (Lipinski definition) is 3. The number of aliphatic carboxylic acids is 1. The summed E-state index contributed by atoms with van der Waals surface area (Å²) >= 11 is 1.55. The molecule has 2 amide bonds. The largest absolute Gasteiger partial charge is 0.481 e. The summed E-state index contributed by atoms with van der Waals surface area (Å²) in [4.78, 5) is 23.5. The van der Waals surface area contributed by atoms with Crippen LogP contribution in [0.3, 0.4) is 0 Å². The van der Waals surface area contributed by atoms with Gasteiger partial charge in [-0.3, -0.25) is 4.79 Å². The zero-order valence-corrected chi connectivity index (χ0v) is 10.4. The average molecular weight is 270 g/mol. The Labute approximate surface area is 108 Å². The van der Waals surface area contributed by atoms with Gasteiger partial charge in [-0.15, -0.1) is 11.3 Å². The van der Waals surface area contributed by atoms with Crippen LogP contribution in [-0.2, 0) is 16.1 Å². The molecule has 0 radical (unpaired) electrons. The molecule has 7 heteroatoms. The van der Waals surface area contributed by atoms with Gasteiger partial charge >= 0.3 is 12.0 Å². The van der Waals surface area contributed by atoms with Gasteiger partial charge in [0.05, 0.1) is 25.8 Å². The molecule has 0 spiro atoms. The molecule has 1 aromatic heterocycles. The van der Waals surface area contributed by atoms with E-state index < -0.39 is 17.9 Å². The standard InChI is InChI=1S/C11H14N2O4S/c14-10(15)8-5-17-6-9(8)13-11(16)12-4-7-2-1-3-18-7/h1-3,8-9H,4-6H2,(H,14,15)(H2,12,13,16). The first-order chi connectivity index (χ1) is 8.66. The first kappa shape index (κ1) is 12.8. The third kappa shape index (κ3) is 3.21. The van der Waals surface area contributed by atoms with Crippen molar-refractivity contribution < 1.29 is 19.4 Å². The fourth-order valence-corrected chi connectivity index (χ4v) is 2.38. The van der Waals surface area contributed by atoms with Crippen LogP contribution < -0.4 is 10.6 Å². The molecule has 2 unspecified atom stereocenters. The van der Waals surface area contributed by atoms with Crippen LogP contribution in [0.25, 0.3) is 0 Å². The van der Waals surface area contributed by atoms with Gasteiger partial charge in [-0.05, 0) is 11.4 Å². The van der Waals surface area contributed by atoms with E-state index in [1.54, 1.807) is 11.3 Å². The number of carboxylic acids is 1. The Morgan fingerprint density at radius 1 is 1.50 bits per heavy atom. The van der Waals surface area contributed by atoms with Crippen LogP contribution in [0.2, 0.25) is 0 Å². The van der Waals surface area contributed by atoms with E-state index in [0.29, 0.717) is 6.54 Å². The summed E-state index contributed by atoms with van der Waals surface area (Å²) in [5.74, 6) is -1.62. The van der Waals surface area contributed by atoms with Gasteiger partial charge in [-0.2, -0.15) is 0 Å². The highest BCUT2D eigenvalue weighted by molar-refractivity contribution is 7.09. The minimum atomic E-state index is -0.948. The van der Waals surface area contributed by atoms with E-state index in [1.165, 1.54) is 0 Å². The number of amides is 2. The van der Waals surface area contributed by atoms with Crippen LogP contribution in [0.4, 0.5) is 4.79 Å². The summed E-state index contributed by atoms with van der Waals surface area (Å²) < 4.78 is 5.06. The highest BCUT2D eigenvalue weighted by Gasteiger charge is 2.34. The van der Waals surface area contributed by atoms with E-state index in [1.807, 2.05) is 17.5 Å². The van der Waals surface area contributed by atoms with Crippen molar-refractivity contribution in [1.82, 2.24) is 10.6 Å². The third-order valence-corrected chi connectivity index (χ3v) is 3.59. The molecule has 1 aromatic rings. The van der Waals surface area contributed by atoms with Gasteiger partial charge in [0.1, 0.15) is 5.92 Å². The number of nitrogens with one attached hydrogen (secondary N) is 2. The quantitative estimate of drug-likeness (QED) is 0.749. The molecule has 0 bridgehead atoms. The molecule has 2 rings (SSSR count). The molecule has 1 saturated heterocycles. The van der Waals surface area contributed by atoms with E-state index in [-0.39, 0.29) is 19.2 Å². The van der Waals surface area contributed by atoms with Gasteiger partial charge in [0, 0.05) is 4.88 Å². The SMILES string of the molecule is O=C(NCc1cccs1)NC1COCC1C(=O)O. The Kier molecular flexibility index (Phi) is 4.16. The van der Waals surface area contributed by atoms with Crippen molar-refractivity contribution >= 4 is 23.3 Å². The van der Waals surface area contributed by atoms with Crippen molar-refractivity contribution in [2.24, 2.45) is 5.92 Å². The molecule has 18 heavy (non-hydrogen) atoms. The Morgan fingerprint density at radius 2 is 2.33 bits per heavy atom. The molecule has 2 heterocycles. The van der Waals surface area contributed by atoms with Gasteiger partial charge in [0.25, 0.3) is 0 Å². The Balaban J connectivity index is 1.78. The zero-order chi connectivity index (χ0) is 13.0. The normalized spacial score (nSPS) is 22.7. The van der Waals surface area contributed by atoms with E-state index >= 15 is 0 Å². The first-order valence-corrected chi connectivity index (χ1v) is 6.42. The fraction of sp³-hybridized carbons (Fsp3) is 0.455. The number of carbonyl (C=O) groups excluding carboxylic acids is 1. The lowest BCUT2D eigenvalue weighted by atomic mass is 10.0. The first-order valence-electron chi connectivity index (χ1n) is 5.54. The Hall–Kier alpha value is -1.60. The van der Waals surface area contributed by atoms with Crippen LogP contribution in [-0.4, -0.2) is 36.4 Å². The molecule has 0 aromatic carbocycles. The van der Waals surface area contributed by atoms with Crippen molar-refractivity contribution in [3.05, 3.63) is 22.4 Å². The lowest BCUT2D eigenvalue weighted by molar-refractivity contribution is -0.142. The number of ether oxygens (including phenoxy) is 1. The topological polar surface area (TPSA) is 87.7 Å². The number of carbonyl (C=O) groups is 2.